The molecule has 0 aromatic carbocycles. The molecule has 0 atom stereocenters. The van der Waals surface area contributed by atoms with Gasteiger partial charge in [-0.25, -0.2) is 18.1 Å². The summed E-state index contributed by atoms with van der Waals surface area (Å²) in [6.07, 6.45) is 1.39. The van der Waals surface area contributed by atoms with E-state index < -0.39 is 10.0 Å². The molecule has 118 valence electrons. The van der Waals surface area contributed by atoms with Crippen LogP contribution in [0.4, 0.5) is 5.82 Å². The standard InChI is InChI=1S/C15H25N3O2S/c1-6-16-13-8-7-11(9-17-13)21(19,20)18-10-12-14(2,3)15(12,4)5/h7-9,12,18H,6,10H2,1-5H3,(H,16,17). The van der Waals surface area contributed by atoms with Gasteiger partial charge in [0.25, 0.3) is 0 Å². The Kier molecular flexibility index (Phi) is 4.06. The van der Waals surface area contributed by atoms with Crippen LogP contribution >= 0.6 is 0 Å². The van der Waals surface area contributed by atoms with Gasteiger partial charge < -0.3 is 5.32 Å². The van der Waals surface area contributed by atoms with Crippen LogP contribution in [0.3, 0.4) is 0 Å². The third kappa shape index (κ3) is 2.92. The summed E-state index contributed by atoms with van der Waals surface area (Å²) < 4.78 is 27.3. The lowest BCUT2D eigenvalue weighted by Gasteiger charge is -2.08. The Morgan fingerprint density at radius 3 is 2.24 bits per heavy atom. The summed E-state index contributed by atoms with van der Waals surface area (Å²) in [7, 11) is -3.49. The molecular formula is C15H25N3O2S. The first-order valence-corrected chi connectivity index (χ1v) is 8.81. The van der Waals surface area contributed by atoms with Crippen LogP contribution in [0.2, 0.25) is 0 Å². The monoisotopic (exact) mass is 311 g/mol. The van der Waals surface area contributed by atoms with Gasteiger partial charge in [-0.15, -0.1) is 0 Å². The van der Waals surface area contributed by atoms with E-state index >= 15 is 0 Å². The second-order valence-electron chi connectivity index (χ2n) is 6.76. The van der Waals surface area contributed by atoms with Gasteiger partial charge in [0.2, 0.25) is 10.0 Å². The summed E-state index contributed by atoms with van der Waals surface area (Å²) in [5.41, 5.74) is 0.339. The first-order chi connectivity index (χ1) is 9.63. The number of anilines is 1. The molecule has 0 bridgehead atoms. The number of sulfonamides is 1. The van der Waals surface area contributed by atoms with Crippen LogP contribution in [0.25, 0.3) is 0 Å². The van der Waals surface area contributed by atoms with Gasteiger partial charge in [-0.1, -0.05) is 27.7 Å². The lowest BCUT2D eigenvalue weighted by atomic mass is 10.0. The van der Waals surface area contributed by atoms with Crippen LogP contribution in [0.5, 0.6) is 0 Å². The number of rotatable bonds is 6. The molecule has 1 aromatic heterocycles. The number of hydrogen-bond acceptors (Lipinski definition) is 4. The Balaban J connectivity index is 2.03. The fourth-order valence-corrected chi connectivity index (χ4v) is 3.94. The molecule has 5 nitrogen and oxygen atoms in total. The molecule has 6 heteroatoms. The molecule has 0 radical (unpaired) electrons. The SMILES string of the molecule is CCNc1ccc(S(=O)(=O)NCC2C(C)(C)C2(C)C)cn1. The maximum Gasteiger partial charge on any atom is 0.242 e. The second kappa shape index (κ2) is 5.25. The van der Waals surface area contributed by atoms with Crippen LogP contribution in [0.15, 0.2) is 23.2 Å². The van der Waals surface area contributed by atoms with Crippen molar-refractivity contribution >= 4 is 15.8 Å². The number of hydrogen-bond donors (Lipinski definition) is 2. The highest BCUT2D eigenvalue weighted by Gasteiger charge is 2.64. The van der Waals surface area contributed by atoms with Crippen molar-refractivity contribution < 1.29 is 8.42 Å². The van der Waals surface area contributed by atoms with Crippen LogP contribution in [-0.2, 0) is 10.0 Å². The molecule has 2 N–H and O–H groups in total. The predicted octanol–water partition coefficient (Wildman–Crippen LogP) is 2.47. The van der Waals surface area contributed by atoms with E-state index in [4.69, 9.17) is 0 Å². The van der Waals surface area contributed by atoms with E-state index in [1.54, 1.807) is 12.1 Å². The van der Waals surface area contributed by atoms with Crippen molar-refractivity contribution in [2.45, 2.75) is 39.5 Å². The van der Waals surface area contributed by atoms with Gasteiger partial charge in [-0.2, -0.15) is 0 Å². The Hall–Kier alpha value is -1.14. The fourth-order valence-electron chi connectivity index (χ4n) is 2.94. The topological polar surface area (TPSA) is 71.1 Å². The zero-order valence-corrected chi connectivity index (χ0v) is 14.2. The van der Waals surface area contributed by atoms with Crippen molar-refractivity contribution in [2.24, 2.45) is 16.7 Å². The lowest BCUT2D eigenvalue weighted by Crippen LogP contribution is -2.27. The molecule has 21 heavy (non-hydrogen) atoms. The summed E-state index contributed by atoms with van der Waals surface area (Å²) >= 11 is 0. The molecule has 1 saturated carbocycles. The van der Waals surface area contributed by atoms with Gasteiger partial charge in [0.1, 0.15) is 10.7 Å². The average molecular weight is 311 g/mol. The highest BCUT2D eigenvalue weighted by atomic mass is 32.2. The molecule has 0 aliphatic heterocycles. The van der Waals surface area contributed by atoms with Gasteiger partial charge in [-0.3, -0.25) is 0 Å². The van der Waals surface area contributed by atoms with Crippen LogP contribution in [-0.4, -0.2) is 26.5 Å². The Morgan fingerprint density at radius 1 is 1.19 bits per heavy atom. The van der Waals surface area contributed by atoms with Gasteiger partial charge in [0, 0.05) is 19.3 Å². The third-order valence-electron chi connectivity index (χ3n) is 5.20. The molecule has 1 heterocycles. The second-order valence-corrected chi connectivity index (χ2v) is 8.52. The van der Waals surface area contributed by atoms with E-state index in [9.17, 15) is 8.42 Å². The average Bonchev–Trinajstić information content (AvgIpc) is 2.78. The van der Waals surface area contributed by atoms with Gasteiger partial charge in [-0.05, 0) is 35.8 Å². The predicted molar refractivity (Wildman–Crippen MR) is 84.6 cm³/mol. The zero-order chi connectivity index (χ0) is 15.9. The van der Waals surface area contributed by atoms with Crippen LogP contribution < -0.4 is 10.0 Å². The molecule has 1 fully saturated rings. The minimum Gasteiger partial charge on any atom is -0.370 e. The van der Waals surface area contributed by atoms with E-state index in [1.807, 2.05) is 6.92 Å². The van der Waals surface area contributed by atoms with E-state index in [1.165, 1.54) is 6.20 Å². The summed E-state index contributed by atoms with van der Waals surface area (Å²) in [6, 6.07) is 3.26. The molecule has 2 rings (SSSR count). The molecule has 1 aromatic rings. The summed E-state index contributed by atoms with van der Waals surface area (Å²) in [5.74, 6) is 1.04. The largest absolute Gasteiger partial charge is 0.370 e. The van der Waals surface area contributed by atoms with E-state index in [0.717, 1.165) is 6.54 Å². The molecule has 0 unspecified atom stereocenters. The van der Waals surface area contributed by atoms with Crippen molar-refractivity contribution in [3.63, 3.8) is 0 Å². The fraction of sp³-hybridized carbons (Fsp3) is 0.667. The van der Waals surface area contributed by atoms with Crippen LogP contribution in [0.1, 0.15) is 34.6 Å². The summed E-state index contributed by atoms with van der Waals surface area (Å²) in [5, 5.41) is 3.04. The lowest BCUT2D eigenvalue weighted by molar-refractivity contribution is 0.457. The zero-order valence-electron chi connectivity index (χ0n) is 13.4. The summed E-state index contributed by atoms with van der Waals surface area (Å²) in [6.45, 7) is 11.9. The molecule has 1 aliphatic rings. The Bertz CT molecular complexity index is 592. The quantitative estimate of drug-likeness (QED) is 0.846. The number of nitrogens with zero attached hydrogens (tertiary/aromatic N) is 1. The number of nitrogens with one attached hydrogen (secondary N) is 2. The number of pyridine rings is 1. The first kappa shape index (κ1) is 16.2. The first-order valence-electron chi connectivity index (χ1n) is 7.32. The third-order valence-corrected chi connectivity index (χ3v) is 6.61. The smallest absolute Gasteiger partial charge is 0.242 e. The van der Waals surface area contributed by atoms with E-state index in [-0.39, 0.29) is 15.7 Å². The minimum absolute atomic E-state index is 0.169. The Morgan fingerprint density at radius 2 is 1.81 bits per heavy atom. The molecule has 1 aliphatic carbocycles. The minimum atomic E-state index is -3.49. The van der Waals surface area contributed by atoms with Crippen molar-refractivity contribution in [3.8, 4) is 0 Å². The van der Waals surface area contributed by atoms with Gasteiger partial charge in [0.05, 0.1) is 0 Å². The van der Waals surface area contributed by atoms with Crippen molar-refractivity contribution in [1.82, 2.24) is 9.71 Å². The summed E-state index contributed by atoms with van der Waals surface area (Å²) in [4.78, 5) is 4.31. The van der Waals surface area contributed by atoms with Crippen molar-refractivity contribution in [1.29, 1.82) is 0 Å². The highest BCUT2D eigenvalue weighted by molar-refractivity contribution is 7.89. The van der Waals surface area contributed by atoms with E-state index in [2.05, 4.69) is 42.7 Å². The highest BCUT2D eigenvalue weighted by Crippen LogP contribution is 2.67. The van der Waals surface area contributed by atoms with E-state index in [0.29, 0.717) is 18.3 Å². The number of aromatic nitrogens is 1. The maximum absolute atomic E-state index is 12.3. The maximum atomic E-state index is 12.3. The molecule has 0 saturated heterocycles. The molecule has 0 spiro atoms. The molecule has 0 amide bonds. The molecular weight excluding hydrogens is 286 g/mol. The van der Waals surface area contributed by atoms with Crippen molar-refractivity contribution in [3.05, 3.63) is 18.3 Å². The van der Waals surface area contributed by atoms with Crippen molar-refractivity contribution in [2.75, 3.05) is 18.4 Å². The van der Waals surface area contributed by atoms with Crippen LogP contribution in [0, 0.1) is 16.7 Å². The normalized spacial score (nSPS) is 20.2. The van der Waals surface area contributed by atoms with Gasteiger partial charge >= 0.3 is 0 Å². The van der Waals surface area contributed by atoms with Gasteiger partial charge in [0.15, 0.2) is 0 Å². The Labute approximate surface area is 127 Å².